The number of nitrogens with two attached hydrogens (primary N) is 1. The van der Waals surface area contributed by atoms with Crippen molar-refractivity contribution in [3.63, 3.8) is 0 Å². The highest BCUT2D eigenvalue weighted by atomic mass is 15.3. The second-order valence-corrected chi connectivity index (χ2v) is 8.85. The van der Waals surface area contributed by atoms with Gasteiger partial charge in [0.05, 0.1) is 23.8 Å². The van der Waals surface area contributed by atoms with Crippen molar-refractivity contribution in [2.75, 3.05) is 43.9 Å². The zero-order chi connectivity index (χ0) is 23.2. The lowest BCUT2D eigenvalue weighted by Crippen LogP contribution is -2.45. The molecule has 5 aromatic rings. The quantitative estimate of drug-likeness (QED) is 0.425. The van der Waals surface area contributed by atoms with E-state index in [4.69, 9.17) is 15.8 Å². The maximum atomic E-state index is 6.23. The predicted molar refractivity (Wildman–Crippen MR) is 133 cm³/mol. The number of nitrogens with zero attached hydrogens (tertiary/aromatic N) is 8. The molecule has 0 radical (unpaired) electrons. The van der Waals surface area contributed by atoms with Gasteiger partial charge in [0.1, 0.15) is 23.7 Å². The van der Waals surface area contributed by atoms with Crippen LogP contribution in [0.1, 0.15) is 11.3 Å². The number of fused-ring (bicyclic) bond motifs is 2. The summed E-state index contributed by atoms with van der Waals surface area (Å²) in [5.41, 5.74) is 10.6. The molecular weight excluding hydrogens is 428 g/mol. The van der Waals surface area contributed by atoms with Crippen LogP contribution in [-0.2, 0) is 6.54 Å². The summed E-state index contributed by atoms with van der Waals surface area (Å²) >= 11 is 0. The summed E-state index contributed by atoms with van der Waals surface area (Å²) in [7, 11) is 2.17. The van der Waals surface area contributed by atoms with E-state index in [2.05, 4.69) is 68.2 Å². The van der Waals surface area contributed by atoms with Crippen LogP contribution in [0.3, 0.4) is 0 Å². The molecule has 4 aromatic heterocycles. The van der Waals surface area contributed by atoms with Crippen LogP contribution >= 0.6 is 0 Å². The van der Waals surface area contributed by atoms with Crippen molar-refractivity contribution in [3.05, 3.63) is 54.2 Å². The van der Waals surface area contributed by atoms with Crippen molar-refractivity contribution in [1.29, 1.82) is 0 Å². The number of aryl methyl sites for hydroxylation is 1. The molecule has 1 aromatic carbocycles. The molecule has 0 saturated carbocycles. The fraction of sp³-hybridized carbons (Fsp3) is 0.292. The van der Waals surface area contributed by atoms with E-state index < -0.39 is 0 Å². The number of H-pyrrole nitrogens is 1. The molecule has 0 bridgehead atoms. The normalized spacial score (nSPS) is 14.9. The highest BCUT2D eigenvalue weighted by Gasteiger charge is 2.21. The maximum Gasteiger partial charge on any atom is 0.164 e. The fourth-order valence-corrected chi connectivity index (χ4v) is 4.72. The number of aromatic nitrogens is 7. The molecule has 34 heavy (non-hydrogen) atoms. The fourth-order valence-electron chi connectivity index (χ4n) is 4.72. The molecule has 0 unspecified atom stereocenters. The molecule has 1 fully saturated rings. The van der Waals surface area contributed by atoms with Crippen LogP contribution in [-0.4, -0.2) is 73.1 Å². The monoisotopic (exact) mass is 454 g/mol. The standard InChI is InChI=1S/C24H26N10/c1-15-4-3-5-16-10-18(30-24(19(15)16)33-8-6-32(2)7-9-33)13-34-23-20(22(25)26-14-27-23)21(31-34)17-11-28-29-12-17/h3-5,10-12,14H,6-9,13H2,1-2H3,(H,28,29)(H2,25,26,27). The van der Waals surface area contributed by atoms with Gasteiger partial charge in [-0.1, -0.05) is 18.2 Å². The van der Waals surface area contributed by atoms with Crippen LogP contribution < -0.4 is 10.6 Å². The minimum absolute atomic E-state index is 0.396. The summed E-state index contributed by atoms with van der Waals surface area (Å²) in [6.07, 6.45) is 4.99. The summed E-state index contributed by atoms with van der Waals surface area (Å²) in [6, 6.07) is 8.56. The van der Waals surface area contributed by atoms with Gasteiger partial charge in [-0.3, -0.25) is 5.10 Å². The van der Waals surface area contributed by atoms with E-state index in [9.17, 15) is 0 Å². The van der Waals surface area contributed by atoms with Gasteiger partial charge < -0.3 is 15.5 Å². The lowest BCUT2D eigenvalue weighted by atomic mass is 10.0. The van der Waals surface area contributed by atoms with Gasteiger partial charge >= 0.3 is 0 Å². The molecular formula is C24H26N10. The topological polar surface area (TPSA) is 118 Å². The Kier molecular flexibility index (Phi) is 4.88. The highest BCUT2D eigenvalue weighted by molar-refractivity contribution is 5.98. The molecule has 172 valence electrons. The third-order valence-corrected chi connectivity index (χ3v) is 6.55. The molecule has 0 amide bonds. The summed E-state index contributed by atoms with van der Waals surface area (Å²) < 4.78 is 1.85. The number of nitrogens with one attached hydrogen (secondary N) is 1. The number of benzene rings is 1. The average molecular weight is 455 g/mol. The molecule has 0 atom stereocenters. The van der Waals surface area contributed by atoms with Crippen molar-refractivity contribution in [3.8, 4) is 11.3 Å². The second kappa shape index (κ2) is 8.07. The average Bonchev–Trinajstić information content (AvgIpc) is 3.48. The summed E-state index contributed by atoms with van der Waals surface area (Å²) in [5.74, 6) is 1.44. The van der Waals surface area contributed by atoms with Crippen molar-refractivity contribution in [2.24, 2.45) is 0 Å². The molecule has 3 N–H and O–H groups in total. The van der Waals surface area contributed by atoms with E-state index in [0.717, 1.165) is 48.6 Å². The van der Waals surface area contributed by atoms with Crippen LogP contribution in [0.5, 0.6) is 0 Å². The summed E-state index contributed by atoms with van der Waals surface area (Å²) in [5, 5.41) is 14.9. The third kappa shape index (κ3) is 3.43. The van der Waals surface area contributed by atoms with Crippen LogP contribution in [0.2, 0.25) is 0 Å². The number of hydrogen-bond acceptors (Lipinski definition) is 8. The second-order valence-electron chi connectivity index (χ2n) is 8.85. The number of rotatable bonds is 4. The number of likely N-dealkylation sites (N-methyl/N-ethyl adjacent to an activating group) is 1. The predicted octanol–water partition coefficient (Wildman–Crippen LogP) is 2.46. The van der Waals surface area contributed by atoms with Gasteiger partial charge in [-0.05, 0) is 31.0 Å². The lowest BCUT2D eigenvalue weighted by Gasteiger charge is -2.34. The number of piperazine rings is 1. The largest absolute Gasteiger partial charge is 0.383 e. The Morgan fingerprint density at radius 1 is 1.09 bits per heavy atom. The summed E-state index contributed by atoms with van der Waals surface area (Å²) in [6.45, 7) is 6.57. The smallest absolute Gasteiger partial charge is 0.164 e. The minimum Gasteiger partial charge on any atom is -0.383 e. The van der Waals surface area contributed by atoms with E-state index in [-0.39, 0.29) is 0 Å². The van der Waals surface area contributed by atoms with Gasteiger partial charge in [-0.25, -0.2) is 19.6 Å². The van der Waals surface area contributed by atoms with Crippen LogP contribution in [0, 0.1) is 6.92 Å². The van der Waals surface area contributed by atoms with Gasteiger partial charge in [0, 0.05) is 43.3 Å². The van der Waals surface area contributed by atoms with E-state index in [0.29, 0.717) is 23.7 Å². The van der Waals surface area contributed by atoms with Gasteiger partial charge in [0.25, 0.3) is 0 Å². The van der Waals surface area contributed by atoms with Crippen LogP contribution in [0.15, 0.2) is 43.0 Å². The van der Waals surface area contributed by atoms with Crippen molar-refractivity contribution >= 4 is 33.4 Å². The minimum atomic E-state index is 0.396. The Bertz CT molecular complexity index is 1480. The van der Waals surface area contributed by atoms with Gasteiger partial charge in [0.2, 0.25) is 0 Å². The molecule has 1 aliphatic rings. The molecule has 10 heteroatoms. The van der Waals surface area contributed by atoms with E-state index in [1.165, 1.54) is 22.7 Å². The first-order valence-electron chi connectivity index (χ1n) is 11.4. The molecule has 5 heterocycles. The Morgan fingerprint density at radius 3 is 2.74 bits per heavy atom. The van der Waals surface area contributed by atoms with Crippen molar-refractivity contribution in [2.45, 2.75) is 13.5 Å². The number of aromatic amines is 1. The number of hydrogen-bond donors (Lipinski definition) is 2. The first-order chi connectivity index (χ1) is 16.6. The number of nitrogen functional groups attached to an aromatic ring is 1. The molecule has 0 aliphatic carbocycles. The Labute approximate surface area is 196 Å². The first kappa shape index (κ1) is 20.5. The zero-order valence-electron chi connectivity index (χ0n) is 19.2. The number of anilines is 2. The van der Waals surface area contributed by atoms with Gasteiger partial charge in [-0.15, -0.1) is 0 Å². The highest BCUT2D eigenvalue weighted by Crippen LogP contribution is 2.32. The SMILES string of the molecule is Cc1cccc2cc(Cn3nc(-c4cn[nH]c4)c4c(N)ncnc43)nc(N3CCN(C)CC3)c12. The van der Waals surface area contributed by atoms with Gasteiger partial charge in [0.15, 0.2) is 5.65 Å². The molecule has 6 rings (SSSR count). The molecule has 1 saturated heterocycles. The third-order valence-electron chi connectivity index (χ3n) is 6.55. The Balaban J connectivity index is 1.48. The maximum absolute atomic E-state index is 6.23. The van der Waals surface area contributed by atoms with Gasteiger partial charge in [-0.2, -0.15) is 10.2 Å². The lowest BCUT2D eigenvalue weighted by molar-refractivity contribution is 0.312. The zero-order valence-corrected chi connectivity index (χ0v) is 19.2. The van der Waals surface area contributed by atoms with E-state index in [1.807, 2.05) is 4.68 Å². The first-order valence-corrected chi connectivity index (χ1v) is 11.4. The van der Waals surface area contributed by atoms with Crippen LogP contribution in [0.4, 0.5) is 11.6 Å². The molecule has 10 nitrogen and oxygen atoms in total. The van der Waals surface area contributed by atoms with Crippen molar-refractivity contribution in [1.82, 2.24) is 39.8 Å². The summed E-state index contributed by atoms with van der Waals surface area (Å²) in [4.78, 5) is 18.6. The molecule has 1 aliphatic heterocycles. The molecule has 0 spiro atoms. The van der Waals surface area contributed by atoms with Crippen molar-refractivity contribution < 1.29 is 0 Å². The Hall–Kier alpha value is -4.05. The van der Waals surface area contributed by atoms with Crippen LogP contribution in [0.25, 0.3) is 33.1 Å². The Morgan fingerprint density at radius 2 is 1.94 bits per heavy atom. The number of pyridine rings is 1. The van der Waals surface area contributed by atoms with E-state index in [1.54, 1.807) is 12.4 Å². The van der Waals surface area contributed by atoms with E-state index >= 15 is 0 Å².